The molecule has 3 N–H and O–H groups in total. The van der Waals surface area contributed by atoms with Gasteiger partial charge in [-0.15, -0.1) is 0 Å². The average Bonchev–Trinajstić information content (AvgIpc) is 2.92. The monoisotopic (exact) mass is 291 g/mol. The Labute approximate surface area is 123 Å². The van der Waals surface area contributed by atoms with Crippen LogP contribution in [0.5, 0.6) is 0 Å². The van der Waals surface area contributed by atoms with Crippen molar-refractivity contribution in [2.24, 2.45) is 0 Å². The fraction of sp³-hybridized carbons (Fsp3) is 0.538. The number of anilines is 2. The quantitative estimate of drug-likeness (QED) is 0.696. The van der Waals surface area contributed by atoms with Crippen LogP contribution in [0.4, 0.5) is 11.8 Å². The van der Waals surface area contributed by atoms with Crippen LogP contribution in [0.3, 0.4) is 0 Å². The first-order valence-corrected chi connectivity index (χ1v) is 7.08. The van der Waals surface area contributed by atoms with Gasteiger partial charge in [0.05, 0.1) is 18.1 Å². The summed E-state index contributed by atoms with van der Waals surface area (Å²) in [7, 11) is 1.83. The van der Waals surface area contributed by atoms with E-state index in [0.29, 0.717) is 24.0 Å². The third-order valence-electron chi connectivity index (χ3n) is 2.94. The number of hydrogen-bond donors (Lipinski definition) is 3. The topological polar surface area (TPSA) is 98.8 Å². The molecule has 0 unspecified atom stereocenters. The lowest BCUT2D eigenvalue weighted by Gasteiger charge is -2.18. The minimum absolute atomic E-state index is 0.0432. The number of carbonyl (C=O) groups is 1. The van der Waals surface area contributed by atoms with Gasteiger partial charge in [0.1, 0.15) is 5.82 Å². The maximum Gasteiger partial charge on any atom is 0.239 e. The number of fused-ring (bicyclic) bond motifs is 1. The molecule has 0 atom stereocenters. The van der Waals surface area contributed by atoms with Gasteiger partial charge in [-0.3, -0.25) is 9.89 Å². The summed E-state index contributed by atoms with van der Waals surface area (Å²) in [5.41, 5.74) is 0.654. The molecule has 0 aromatic carbocycles. The third kappa shape index (κ3) is 3.59. The molecule has 2 heterocycles. The van der Waals surface area contributed by atoms with Crippen LogP contribution < -0.4 is 15.5 Å². The fourth-order valence-electron chi connectivity index (χ4n) is 1.97. The summed E-state index contributed by atoms with van der Waals surface area (Å²) in [4.78, 5) is 22.4. The highest BCUT2D eigenvalue weighted by Gasteiger charge is 2.15. The number of carbonyl (C=O) groups excluding carboxylic acids is 1. The smallest absolute Gasteiger partial charge is 0.239 e. The molecule has 0 radical (unpaired) electrons. The number of aromatic amines is 1. The molecule has 0 aliphatic carbocycles. The summed E-state index contributed by atoms with van der Waals surface area (Å²) in [6.07, 6.45) is 2.65. The Kier molecular flexibility index (Phi) is 4.91. The summed E-state index contributed by atoms with van der Waals surface area (Å²) >= 11 is 0. The Bertz CT molecular complexity index is 610. The zero-order chi connectivity index (χ0) is 15.2. The summed E-state index contributed by atoms with van der Waals surface area (Å²) in [6, 6.07) is 0. The molecule has 8 heteroatoms. The van der Waals surface area contributed by atoms with Gasteiger partial charge in [0, 0.05) is 20.1 Å². The molecule has 0 aliphatic rings. The molecule has 8 nitrogen and oxygen atoms in total. The van der Waals surface area contributed by atoms with E-state index in [1.807, 2.05) is 14.0 Å². The summed E-state index contributed by atoms with van der Waals surface area (Å²) in [5, 5.41) is 13.6. The summed E-state index contributed by atoms with van der Waals surface area (Å²) in [6.45, 7) is 5.60. The second-order valence-corrected chi connectivity index (χ2v) is 4.74. The lowest BCUT2D eigenvalue weighted by atomic mass is 10.3. The van der Waals surface area contributed by atoms with Crippen molar-refractivity contribution in [3.05, 3.63) is 6.20 Å². The first kappa shape index (κ1) is 15.0. The fourth-order valence-corrected chi connectivity index (χ4v) is 1.97. The Balaban J connectivity index is 2.27. The lowest BCUT2D eigenvalue weighted by molar-refractivity contribution is -0.119. The molecule has 0 aliphatic heterocycles. The van der Waals surface area contributed by atoms with Gasteiger partial charge in [-0.1, -0.05) is 6.92 Å². The van der Waals surface area contributed by atoms with Crippen molar-refractivity contribution in [1.82, 2.24) is 25.5 Å². The van der Waals surface area contributed by atoms with Crippen molar-refractivity contribution in [3.8, 4) is 0 Å². The van der Waals surface area contributed by atoms with E-state index in [9.17, 15) is 4.79 Å². The van der Waals surface area contributed by atoms with Gasteiger partial charge in [-0.05, 0) is 13.3 Å². The summed E-state index contributed by atoms with van der Waals surface area (Å²) < 4.78 is 0. The zero-order valence-corrected chi connectivity index (χ0v) is 12.6. The zero-order valence-electron chi connectivity index (χ0n) is 12.6. The van der Waals surface area contributed by atoms with Crippen LogP contribution in [0, 0.1) is 0 Å². The van der Waals surface area contributed by atoms with Crippen LogP contribution in [0.15, 0.2) is 6.20 Å². The first-order valence-electron chi connectivity index (χ1n) is 7.08. The van der Waals surface area contributed by atoms with Crippen LogP contribution in [-0.2, 0) is 4.79 Å². The van der Waals surface area contributed by atoms with E-state index >= 15 is 0 Å². The molecule has 0 spiro atoms. The number of H-pyrrole nitrogens is 1. The molecule has 0 fully saturated rings. The molecule has 2 aromatic heterocycles. The minimum atomic E-state index is -0.0432. The van der Waals surface area contributed by atoms with E-state index in [1.165, 1.54) is 0 Å². The Morgan fingerprint density at radius 3 is 2.90 bits per heavy atom. The van der Waals surface area contributed by atoms with Gasteiger partial charge >= 0.3 is 0 Å². The highest BCUT2D eigenvalue weighted by atomic mass is 16.2. The average molecular weight is 291 g/mol. The number of likely N-dealkylation sites (N-methyl/N-ethyl adjacent to an activating group) is 2. The molecule has 2 aromatic rings. The number of aromatic nitrogens is 4. The molecule has 21 heavy (non-hydrogen) atoms. The molecule has 0 bridgehead atoms. The van der Waals surface area contributed by atoms with E-state index in [0.717, 1.165) is 18.4 Å². The van der Waals surface area contributed by atoms with E-state index in [1.54, 1.807) is 11.1 Å². The van der Waals surface area contributed by atoms with Crippen molar-refractivity contribution >= 4 is 28.7 Å². The molecule has 0 saturated heterocycles. The molecular formula is C13H21N7O. The Hall–Kier alpha value is -2.38. The van der Waals surface area contributed by atoms with Gasteiger partial charge in [-0.2, -0.15) is 15.1 Å². The van der Waals surface area contributed by atoms with E-state index in [-0.39, 0.29) is 12.5 Å². The Morgan fingerprint density at radius 2 is 2.19 bits per heavy atom. The Morgan fingerprint density at radius 1 is 1.38 bits per heavy atom. The van der Waals surface area contributed by atoms with Crippen molar-refractivity contribution in [2.75, 3.05) is 36.9 Å². The van der Waals surface area contributed by atoms with Crippen LogP contribution in [0.1, 0.15) is 20.3 Å². The van der Waals surface area contributed by atoms with E-state index < -0.39 is 0 Å². The maximum absolute atomic E-state index is 11.7. The number of amides is 1. The van der Waals surface area contributed by atoms with Crippen LogP contribution >= 0.6 is 0 Å². The predicted molar refractivity (Wildman–Crippen MR) is 82.4 cm³/mol. The minimum Gasteiger partial charge on any atom is -0.355 e. The van der Waals surface area contributed by atoms with Gasteiger partial charge in [0.2, 0.25) is 11.9 Å². The van der Waals surface area contributed by atoms with Gasteiger partial charge < -0.3 is 15.5 Å². The molecule has 2 rings (SSSR count). The molecular weight excluding hydrogens is 270 g/mol. The summed E-state index contributed by atoms with van der Waals surface area (Å²) in [5.74, 6) is 1.17. The van der Waals surface area contributed by atoms with Crippen molar-refractivity contribution < 1.29 is 4.79 Å². The molecule has 114 valence electrons. The number of nitrogens with zero attached hydrogens (tertiary/aromatic N) is 4. The third-order valence-corrected chi connectivity index (χ3v) is 2.94. The van der Waals surface area contributed by atoms with Crippen LogP contribution in [0.2, 0.25) is 0 Å². The second kappa shape index (κ2) is 6.87. The van der Waals surface area contributed by atoms with Crippen LogP contribution in [0.25, 0.3) is 11.0 Å². The van der Waals surface area contributed by atoms with Gasteiger partial charge in [-0.25, -0.2) is 0 Å². The second-order valence-electron chi connectivity index (χ2n) is 4.74. The first-order chi connectivity index (χ1) is 10.2. The number of rotatable bonds is 7. The highest BCUT2D eigenvalue weighted by Crippen LogP contribution is 2.22. The van der Waals surface area contributed by atoms with E-state index in [4.69, 9.17) is 0 Å². The maximum atomic E-state index is 11.7. The molecule has 0 saturated carbocycles. The normalized spacial score (nSPS) is 10.6. The van der Waals surface area contributed by atoms with Crippen molar-refractivity contribution in [2.45, 2.75) is 20.3 Å². The van der Waals surface area contributed by atoms with Crippen molar-refractivity contribution in [1.29, 1.82) is 0 Å². The predicted octanol–water partition coefficient (Wildman–Crippen LogP) is 0.747. The number of hydrogen-bond acceptors (Lipinski definition) is 6. The van der Waals surface area contributed by atoms with E-state index in [2.05, 4.69) is 37.7 Å². The van der Waals surface area contributed by atoms with Crippen LogP contribution in [-0.4, -0.2) is 52.8 Å². The highest BCUT2D eigenvalue weighted by molar-refractivity contribution is 5.90. The molecule has 1 amide bonds. The largest absolute Gasteiger partial charge is 0.355 e. The lowest BCUT2D eigenvalue weighted by Crippen LogP contribution is -2.35. The van der Waals surface area contributed by atoms with Crippen molar-refractivity contribution in [3.63, 3.8) is 0 Å². The SMILES string of the molecule is CCCNc1nc(N(C)CC(=O)NCC)c2cn[nH]c2n1. The number of nitrogens with one attached hydrogen (secondary N) is 3. The van der Waals surface area contributed by atoms with Gasteiger partial charge in [0.15, 0.2) is 5.65 Å². The standard InChI is InChI=1S/C13H21N7O/c1-4-6-15-13-17-11-9(7-16-19-11)12(18-13)20(3)8-10(21)14-5-2/h7H,4-6,8H2,1-3H3,(H,14,21)(H2,15,16,17,18,19). The van der Waals surface area contributed by atoms with Gasteiger partial charge in [0.25, 0.3) is 0 Å².